The van der Waals surface area contributed by atoms with Gasteiger partial charge >= 0.3 is 0 Å². The van der Waals surface area contributed by atoms with Gasteiger partial charge in [-0.15, -0.1) is 12.4 Å². The number of halogens is 1. The monoisotopic (exact) mass is 309 g/mol. The van der Waals surface area contributed by atoms with Gasteiger partial charge in [-0.2, -0.15) is 0 Å². The van der Waals surface area contributed by atoms with Crippen molar-refractivity contribution in [2.24, 2.45) is 0 Å². The van der Waals surface area contributed by atoms with E-state index in [9.17, 15) is 4.79 Å². The van der Waals surface area contributed by atoms with Crippen molar-refractivity contribution >= 4 is 35.1 Å². The van der Waals surface area contributed by atoms with Gasteiger partial charge in [0.15, 0.2) is 11.5 Å². The lowest BCUT2D eigenvalue weighted by Crippen LogP contribution is -2.27. The van der Waals surface area contributed by atoms with Gasteiger partial charge in [0.2, 0.25) is 5.91 Å². The maximum Gasteiger partial charge on any atom is 0.225 e. The number of benzene rings is 1. The van der Waals surface area contributed by atoms with Gasteiger partial charge < -0.3 is 15.1 Å². The Morgan fingerprint density at radius 1 is 1.52 bits per heavy atom. The SMILES string of the molecule is CCc1nc2cc(NC(=O)CC3CCCN3)ccc2o1.Cl. The van der Waals surface area contributed by atoms with Crippen LogP contribution < -0.4 is 10.6 Å². The van der Waals surface area contributed by atoms with Crippen LogP contribution in [-0.4, -0.2) is 23.5 Å². The first-order valence-corrected chi connectivity index (χ1v) is 7.17. The highest BCUT2D eigenvalue weighted by Crippen LogP contribution is 2.20. The minimum Gasteiger partial charge on any atom is -0.441 e. The largest absolute Gasteiger partial charge is 0.441 e. The molecule has 0 radical (unpaired) electrons. The van der Waals surface area contributed by atoms with Gasteiger partial charge in [0.1, 0.15) is 5.52 Å². The number of aryl methyl sites for hydroxylation is 1. The Hall–Kier alpha value is -1.59. The zero-order valence-electron chi connectivity index (χ0n) is 12.0. The van der Waals surface area contributed by atoms with Crippen LogP contribution in [0.25, 0.3) is 11.1 Å². The average Bonchev–Trinajstić information content (AvgIpc) is 3.06. The molecule has 1 aromatic heterocycles. The summed E-state index contributed by atoms with van der Waals surface area (Å²) >= 11 is 0. The van der Waals surface area contributed by atoms with E-state index in [1.165, 1.54) is 0 Å². The molecular formula is C15H20ClN3O2. The van der Waals surface area contributed by atoms with E-state index >= 15 is 0 Å². The van der Waals surface area contributed by atoms with E-state index in [2.05, 4.69) is 15.6 Å². The zero-order valence-corrected chi connectivity index (χ0v) is 12.8. The number of hydrogen-bond donors (Lipinski definition) is 2. The van der Waals surface area contributed by atoms with E-state index in [1.807, 2.05) is 25.1 Å². The minimum absolute atomic E-state index is 0. The van der Waals surface area contributed by atoms with Crippen LogP contribution in [-0.2, 0) is 11.2 Å². The number of aromatic nitrogens is 1. The van der Waals surface area contributed by atoms with Crippen molar-refractivity contribution in [2.45, 2.75) is 38.6 Å². The maximum absolute atomic E-state index is 12.0. The van der Waals surface area contributed by atoms with Gasteiger partial charge in [-0.3, -0.25) is 4.79 Å². The van der Waals surface area contributed by atoms with Crippen molar-refractivity contribution in [1.29, 1.82) is 0 Å². The number of oxazole rings is 1. The topological polar surface area (TPSA) is 67.2 Å². The Labute approximate surface area is 129 Å². The molecule has 3 rings (SSSR count). The summed E-state index contributed by atoms with van der Waals surface area (Å²) in [6.45, 7) is 3.02. The Morgan fingerprint density at radius 3 is 3.10 bits per heavy atom. The molecule has 2 N–H and O–H groups in total. The van der Waals surface area contributed by atoms with Crippen LogP contribution in [0, 0.1) is 0 Å². The molecule has 1 amide bonds. The van der Waals surface area contributed by atoms with E-state index in [4.69, 9.17) is 4.42 Å². The fourth-order valence-corrected chi connectivity index (χ4v) is 2.57. The molecule has 0 spiro atoms. The van der Waals surface area contributed by atoms with E-state index in [1.54, 1.807) is 0 Å². The second-order valence-electron chi connectivity index (χ2n) is 5.19. The van der Waals surface area contributed by atoms with Crippen LogP contribution >= 0.6 is 12.4 Å². The molecule has 0 bridgehead atoms. The summed E-state index contributed by atoms with van der Waals surface area (Å²) in [6.07, 6.45) is 3.53. The number of anilines is 1. The summed E-state index contributed by atoms with van der Waals surface area (Å²) in [5.41, 5.74) is 2.33. The molecule has 0 saturated carbocycles. The van der Waals surface area contributed by atoms with Gasteiger partial charge in [0.25, 0.3) is 0 Å². The Balaban J connectivity index is 0.00000161. The molecule has 114 valence electrons. The van der Waals surface area contributed by atoms with E-state index in [0.717, 1.165) is 48.5 Å². The summed E-state index contributed by atoms with van der Waals surface area (Å²) in [4.78, 5) is 16.3. The lowest BCUT2D eigenvalue weighted by atomic mass is 10.1. The number of nitrogens with zero attached hydrogens (tertiary/aromatic N) is 1. The summed E-state index contributed by atoms with van der Waals surface area (Å²) in [5, 5.41) is 6.25. The smallest absolute Gasteiger partial charge is 0.225 e. The molecule has 6 heteroatoms. The van der Waals surface area contributed by atoms with Gasteiger partial charge in [-0.25, -0.2) is 4.98 Å². The molecule has 2 aromatic rings. The first kappa shape index (κ1) is 15.8. The third-order valence-corrected chi connectivity index (χ3v) is 3.61. The number of carbonyl (C=O) groups is 1. The Bertz CT molecular complexity index is 620. The second kappa shape index (κ2) is 6.91. The molecule has 1 aliphatic heterocycles. The van der Waals surface area contributed by atoms with Crippen LogP contribution in [0.5, 0.6) is 0 Å². The van der Waals surface area contributed by atoms with E-state index in [0.29, 0.717) is 12.5 Å². The molecule has 1 atom stereocenters. The van der Waals surface area contributed by atoms with Crippen molar-refractivity contribution in [1.82, 2.24) is 10.3 Å². The van der Waals surface area contributed by atoms with E-state index in [-0.39, 0.29) is 18.3 Å². The van der Waals surface area contributed by atoms with E-state index < -0.39 is 0 Å². The van der Waals surface area contributed by atoms with Crippen LogP contribution in [0.1, 0.15) is 32.1 Å². The van der Waals surface area contributed by atoms with Crippen molar-refractivity contribution < 1.29 is 9.21 Å². The Morgan fingerprint density at radius 2 is 2.38 bits per heavy atom. The number of fused-ring (bicyclic) bond motifs is 1. The number of rotatable bonds is 4. The van der Waals surface area contributed by atoms with Crippen molar-refractivity contribution in [3.05, 3.63) is 24.1 Å². The molecule has 1 aliphatic rings. The molecular weight excluding hydrogens is 290 g/mol. The van der Waals surface area contributed by atoms with Gasteiger partial charge in [-0.05, 0) is 37.6 Å². The fourth-order valence-electron chi connectivity index (χ4n) is 2.57. The highest BCUT2D eigenvalue weighted by atomic mass is 35.5. The highest BCUT2D eigenvalue weighted by molar-refractivity contribution is 5.93. The molecule has 5 nitrogen and oxygen atoms in total. The molecule has 1 saturated heterocycles. The van der Waals surface area contributed by atoms with Gasteiger partial charge in [-0.1, -0.05) is 6.92 Å². The Kier molecular flexibility index (Phi) is 5.20. The summed E-state index contributed by atoms with van der Waals surface area (Å²) in [6, 6.07) is 5.88. The molecule has 1 aromatic carbocycles. The van der Waals surface area contributed by atoms with Gasteiger partial charge in [0, 0.05) is 24.6 Å². The molecule has 0 aliphatic carbocycles. The molecule has 1 fully saturated rings. The molecule has 21 heavy (non-hydrogen) atoms. The predicted octanol–water partition coefficient (Wildman–Crippen LogP) is 2.89. The first-order valence-electron chi connectivity index (χ1n) is 7.17. The zero-order chi connectivity index (χ0) is 13.9. The highest BCUT2D eigenvalue weighted by Gasteiger charge is 2.17. The summed E-state index contributed by atoms with van der Waals surface area (Å²) < 4.78 is 5.55. The number of carbonyl (C=O) groups excluding carboxylic acids is 1. The average molecular weight is 310 g/mol. The van der Waals surface area contributed by atoms with Crippen LogP contribution in [0.4, 0.5) is 5.69 Å². The quantitative estimate of drug-likeness (QED) is 0.911. The number of hydrogen-bond acceptors (Lipinski definition) is 4. The molecule has 1 unspecified atom stereocenters. The third kappa shape index (κ3) is 3.74. The second-order valence-corrected chi connectivity index (χ2v) is 5.19. The normalized spacial score (nSPS) is 17.7. The van der Waals surface area contributed by atoms with Crippen LogP contribution in [0.15, 0.2) is 22.6 Å². The van der Waals surface area contributed by atoms with Crippen LogP contribution in [0.3, 0.4) is 0 Å². The lowest BCUT2D eigenvalue weighted by molar-refractivity contribution is -0.116. The maximum atomic E-state index is 12.0. The fraction of sp³-hybridized carbons (Fsp3) is 0.467. The standard InChI is InChI=1S/C15H19N3O2.ClH/c1-2-15-18-12-8-11(5-6-13(12)20-15)17-14(19)9-10-4-3-7-16-10;/h5-6,8,10,16H,2-4,7,9H2,1H3,(H,17,19);1H. The summed E-state index contributed by atoms with van der Waals surface area (Å²) in [5.74, 6) is 0.765. The summed E-state index contributed by atoms with van der Waals surface area (Å²) in [7, 11) is 0. The molecule has 2 heterocycles. The number of nitrogens with one attached hydrogen (secondary N) is 2. The number of amides is 1. The van der Waals surface area contributed by atoms with Crippen molar-refractivity contribution in [3.63, 3.8) is 0 Å². The predicted molar refractivity (Wildman–Crippen MR) is 84.9 cm³/mol. The lowest BCUT2D eigenvalue weighted by Gasteiger charge is -2.10. The minimum atomic E-state index is 0. The van der Waals surface area contributed by atoms with Gasteiger partial charge in [0.05, 0.1) is 0 Å². The van der Waals surface area contributed by atoms with Crippen LogP contribution in [0.2, 0.25) is 0 Å². The third-order valence-electron chi connectivity index (χ3n) is 3.61. The first-order chi connectivity index (χ1) is 9.74. The van der Waals surface area contributed by atoms with Crippen molar-refractivity contribution in [2.75, 3.05) is 11.9 Å². The van der Waals surface area contributed by atoms with Crippen molar-refractivity contribution in [3.8, 4) is 0 Å².